The van der Waals surface area contributed by atoms with Crippen LogP contribution in [0.5, 0.6) is 0 Å². The number of sulfonamides is 1. The van der Waals surface area contributed by atoms with Gasteiger partial charge in [-0.3, -0.25) is 0 Å². The van der Waals surface area contributed by atoms with Crippen LogP contribution in [0.15, 0.2) is 0 Å². The van der Waals surface area contributed by atoms with Crippen molar-refractivity contribution in [2.24, 2.45) is 11.8 Å². The third-order valence-corrected chi connectivity index (χ3v) is 4.72. The lowest BCUT2D eigenvalue weighted by atomic mass is 10.0. The van der Waals surface area contributed by atoms with Crippen LogP contribution in [0.3, 0.4) is 0 Å². The van der Waals surface area contributed by atoms with Gasteiger partial charge in [0.25, 0.3) is 0 Å². The van der Waals surface area contributed by atoms with E-state index in [4.69, 9.17) is 0 Å². The number of hydrogen-bond donors (Lipinski definition) is 2. The van der Waals surface area contributed by atoms with Gasteiger partial charge in [0.15, 0.2) is 0 Å². The minimum atomic E-state index is -3.08. The van der Waals surface area contributed by atoms with Crippen molar-refractivity contribution < 1.29 is 8.42 Å². The zero-order valence-electron chi connectivity index (χ0n) is 10.3. The molecule has 0 aromatic heterocycles. The quantitative estimate of drug-likeness (QED) is 0.736. The summed E-state index contributed by atoms with van der Waals surface area (Å²) in [6.45, 7) is 6.56. The second-order valence-corrected chi connectivity index (χ2v) is 6.71. The Hall–Kier alpha value is -0.130. The van der Waals surface area contributed by atoms with E-state index in [1.165, 1.54) is 0 Å². The predicted molar refractivity (Wildman–Crippen MR) is 66.8 cm³/mol. The minimum Gasteiger partial charge on any atom is -0.316 e. The predicted octanol–water partition coefficient (Wildman–Crippen LogP) is 0.952. The molecule has 1 rings (SSSR count). The molecular weight excluding hydrogens is 224 g/mol. The highest BCUT2D eigenvalue weighted by molar-refractivity contribution is 7.89. The Kier molecular flexibility index (Phi) is 5.72. The highest BCUT2D eigenvalue weighted by atomic mass is 32.2. The topological polar surface area (TPSA) is 58.2 Å². The maximum Gasteiger partial charge on any atom is 0.211 e. The average Bonchev–Trinajstić information content (AvgIpc) is 2.27. The van der Waals surface area contributed by atoms with Crippen LogP contribution in [0, 0.1) is 11.8 Å². The SMILES string of the molecule is CCC(C)CNS(=O)(=O)CC1CCCNC1. The molecule has 96 valence electrons. The number of piperidine rings is 1. The Bertz CT molecular complexity index is 284. The average molecular weight is 248 g/mol. The van der Waals surface area contributed by atoms with E-state index in [9.17, 15) is 8.42 Å². The lowest BCUT2D eigenvalue weighted by molar-refractivity contribution is 0.402. The highest BCUT2D eigenvalue weighted by Gasteiger charge is 2.21. The van der Waals surface area contributed by atoms with E-state index >= 15 is 0 Å². The number of hydrogen-bond acceptors (Lipinski definition) is 3. The van der Waals surface area contributed by atoms with Crippen molar-refractivity contribution in [3.05, 3.63) is 0 Å². The van der Waals surface area contributed by atoms with Gasteiger partial charge in [0.1, 0.15) is 0 Å². The summed E-state index contributed by atoms with van der Waals surface area (Å²) in [4.78, 5) is 0. The van der Waals surface area contributed by atoms with Gasteiger partial charge in [0, 0.05) is 6.54 Å². The van der Waals surface area contributed by atoms with Crippen molar-refractivity contribution in [2.75, 3.05) is 25.4 Å². The molecule has 1 aliphatic rings. The molecule has 0 aromatic carbocycles. The Labute approximate surface area is 99.2 Å². The summed E-state index contributed by atoms with van der Waals surface area (Å²) in [7, 11) is -3.08. The lowest BCUT2D eigenvalue weighted by Gasteiger charge is -2.22. The third-order valence-electron chi connectivity index (χ3n) is 3.20. The van der Waals surface area contributed by atoms with E-state index in [-0.39, 0.29) is 11.7 Å². The molecule has 0 saturated carbocycles. The third kappa shape index (κ3) is 5.27. The maximum atomic E-state index is 11.8. The van der Waals surface area contributed by atoms with E-state index in [1.54, 1.807) is 0 Å². The number of nitrogens with one attached hydrogen (secondary N) is 2. The Morgan fingerprint density at radius 1 is 1.50 bits per heavy atom. The van der Waals surface area contributed by atoms with E-state index in [0.717, 1.165) is 32.4 Å². The highest BCUT2D eigenvalue weighted by Crippen LogP contribution is 2.12. The first kappa shape index (κ1) is 13.9. The van der Waals surface area contributed by atoms with Crippen molar-refractivity contribution >= 4 is 10.0 Å². The Morgan fingerprint density at radius 3 is 2.81 bits per heavy atom. The van der Waals surface area contributed by atoms with Crippen LogP contribution in [0.1, 0.15) is 33.1 Å². The monoisotopic (exact) mass is 248 g/mol. The van der Waals surface area contributed by atoms with E-state index in [2.05, 4.69) is 23.9 Å². The van der Waals surface area contributed by atoms with Gasteiger partial charge in [-0.1, -0.05) is 20.3 Å². The molecular formula is C11H24N2O2S. The van der Waals surface area contributed by atoms with Gasteiger partial charge in [0.2, 0.25) is 10.0 Å². The van der Waals surface area contributed by atoms with Crippen molar-refractivity contribution in [1.29, 1.82) is 0 Å². The molecule has 0 aliphatic carbocycles. The number of rotatable bonds is 6. The van der Waals surface area contributed by atoms with E-state index < -0.39 is 10.0 Å². The van der Waals surface area contributed by atoms with Crippen molar-refractivity contribution in [3.63, 3.8) is 0 Å². The summed E-state index contributed by atoms with van der Waals surface area (Å²) >= 11 is 0. The van der Waals surface area contributed by atoms with Crippen LogP contribution in [0.2, 0.25) is 0 Å². The van der Waals surface area contributed by atoms with Gasteiger partial charge in [0.05, 0.1) is 5.75 Å². The lowest BCUT2D eigenvalue weighted by Crippen LogP contribution is -2.38. The van der Waals surface area contributed by atoms with Crippen LogP contribution in [-0.2, 0) is 10.0 Å². The second-order valence-electron chi connectivity index (χ2n) is 4.86. The van der Waals surface area contributed by atoms with Crippen LogP contribution >= 0.6 is 0 Å². The summed E-state index contributed by atoms with van der Waals surface area (Å²) in [5, 5.41) is 3.24. The fourth-order valence-electron chi connectivity index (χ4n) is 1.85. The first-order valence-electron chi connectivity index (χ1n) is 6.21. The minimum absolute atomic E-state index is 0.274. The Morgan fingerprint density at radius 2 is 2.25 bits per heavy atom. The fraction of sp³-hybridized carbons (Fsp3) is 1.00. The van der Waals surface area contributed by atoms with Crippen LogP contribution in [-0.4, -0.2) is 33.8 Å². The molecule has 5 heteroatoms. The standard InChI is InChI=1S/C11H24N2O2S/c1-3-10(2)7-13-16(14,15)9-11-5-4-6-12-8-11/h10-13H,3-9H2,1-2H3. The molecule has 2 atom stereocenters. The van der Waals surface area contributed by atoms with E-state index in [1.807, 2.05) is 0 Å². The molecule has 2 unspecified atom stereocenters. The molecule has 1 fully saturated rings. The second kappa shape index (κ2) is 6.57. The molecule has 1 saturated heterocycles. The molecule has 0 bridgehead atoms. The maximum absolute atomic E-state index is 11.8. The van der Waals surface area contributed by atoms with E-state index in [0.29, 0.717) is 12.5 Å². The van der Waals surface area contributed by atoms with Gasteiger partial charge in [-0.25, -0.2) is 13.1 Å². The van der Waals surface area contributed by atoms with Crippen molar-refractivity contribution in [3.8, 4) is 0 Å². The molecule has 0 spiro atoms. The van der Waals surface area contributed by atoms with Crippen molar-refractivity contribution in [2.45, 2.75) is 33.1 Å². The Balaban J connectivity index is 2.32. The molecule has 16 heavy (non-hydrogen) atoms. The molecule has 0 radical (unpaired) electrons. The van der Waals surface area contributed by atoms with Gasteiger partial charge < -0.3 is 5.32 Å². The van der Waals surface area contributed by atoms with Crippen LogP contribution in [0.25, 0.3) is 0 Å². The molecule has 4 nitrogen and oxygen atoms in total. The summed E-state index contributed by atoms with van der Waals surface area (Å²) in [5.74, 6) is 0.971. The normalized spacial score (nSPS) is 24.2. The molecule has 2 N–H and O–H groups in total. The smallest absolute Gasteiger partial charge is 0.211 e. The summed E-state index contributed by atoms with van der Waals surface area (Å²) < 4.78 is 26.3. The van der Waals surface area contributed by atoms with Crippen molar-refractivity contribution in [1.82, 2.24) is 10.0 Å². The summed E-state index contributed by atoms with van der Waals surface area (Å²) in [5.41, 5.74) is 0. The zero-order valence-corrected chi connectivity index (χ0v) is 11.1. The fourth-order valence-corrected chi connectivity index (χ4v) is 3.41. The van der Waals surface area contributed by atoms with Crippen LogP contribution in [0.4, 0.5) is 0 Å². The molecule has 0 amide bonds. The van der Waals surface area contributed by atoms with Gasteiger partial charge in [-0.05, 0) is 37.8 Å². The van der Waals surface area contributed by atoms with Gasteiger partial charge >= 0.3 is 0 Å². The molecule has 0 aromatic rings. The first-order chi connectivity index (χ1) is 7.53. The first-order valence-corrected chi connectivity index (χ1v) is 7.86. The van der Waals surface area contributed by atoms with Gasteiger partial charge in [-0.15, -0.1) is 0 Å². The van der Waals surface area contributed by atoms with Gasteiger partial charge in [-0.2, -0.15) is 0 Å². The summed E-state index contributed by atoms with van der Waals surface area (Å²) in [6, 6.07) is 0. The summed E-state index contributed by atoms with van der Waals surface area (Å²) in [6.07, 6.45) is 3.12. The molecule has 1 aliphatic heterocycles. The van der Waals surface area contributed by atoms with Crippen LogP contribution < -0.4 is 10.0 Å². The largest absolute Gasteiger partial charge is 0.316 e. The zero-order chi connectivity index (χ0) is 12.0. The molecule has 1 heterocycles.